The van der Waals surface area contributed by atoms with Crippen molar-refractivity contribution in [2.75, 3.05) is 11.9 Å². The van der Waals surface area contributed by atoms with Gasteiger partial charge in [0.1, 0.15) is 11.8 Å². The molecule has 0 fully saturated rings. The Balaban J connectivity index is 0.00000181. The lowest BCUT2D eigenvalue weighted by Gasteiger charge is -2.23. The highest BCUT2D eigenvalue weighted by atomic mass is 16.3. The molecule has 1 unspecified atom stereocenters. The number of nitrogens with one attached hydrogen (secondary N) is 1. The van der Waals surface area contributed by atoms with Crippen LogP contribution in [-0.2, 0) is 17.6 Å². The first-order valence-electron chi connectivity index (χ1n) is 13.2. The van der Waals surface area contributed by atoms with Gasteiger partial charge in [-0.15, -0.1) is 12.8 Å². The summed E-state index contributed by atoms with van der Waals surface area (Å²) in [7, 11) is 0. The minimum absolute atomic E-state index is 0.0807. The van der Waals surface area contributed by atoms with Gasteiger partial charge in [-0.1, -0.05) is 90.6 Å². The van der Waals surface area contributed by atoms with Crippen LogP contribution in [0.3, 0.4) is 0 Å². The number of nitrogens with zero attached hydrogens (tertiary/aromatic N) is 2. The van der Waals surface area contributed by atoms with E-state index in [1.54, 1.807) is 6.08 Å². The quantitative estimate of drug-likeness (QED) is 0.335. The summed E-state index contributed by atoms with van der Waals surface area (Å²) in [4.78, 5) is 22.9. The van der Waals surface area contributed by atoms with Gasteiger partial charge in [-0.05, 0) is 48.1 Å². The Bertz CT molecular complexity index is 1570. The number of anilines is 1. The molecule has 6 heteroatoms. The summed E-state index contributed by atoms with van der Waals surface area (Å²) in [5, 5.41) is 25.9. The predicted molar refractivity (Wildman–Crippen MR) is 161 cm³/mol. The zero-order valence-electron chi connectivity index (χ0n) is 22.5. The van der Waals surface area contributed by atoms with E-state index in [0.29, 0.717) is 29.8 Å². The number of carbonyl (C=O) groups excluding carboxylic acids is 1. The van der Waals surface area contributed by atoms with E-state index in [0.717, 1.165) is 39.6 Å². The molecule has 0 aliphatic heterocycles. The normalized spacial score (nSPS) is 15.2. The third-order valence-corrected chi connectivity index (χ3v) is 6.87. The Morgan fingerprint density at radius 2 is 1.90 bits per heavy atom. The Hall–Kier alpha value is -4.57. The standard InChI is InChI=1S/C32H31N3O3.C2H2/c1-21-14-17-27-29(26(21)13-8-18-36)35-30(31(38)24-10-4-2-3-5-11-24)32(33-27)34-28(37)20-22-15-16-23-9-6-7-12-25(23)19-22;1-2/h2-4,6-13,15-16,19,31,36,38H,5,14,17-18,20H2,1H3,(H,33,34,37);1-2H/b13-8-;. The molecule has 2 aromatic carbocycles. The molecule has 1 heterocycles. The van der Waals surface area contributed by atoms with Gasteiger partial charge in [-0.3, -0.25) is 4.79 Å². The fraction of sp³-hybridized carbons (Fsp3) is 0.206. The number of aliphatic hydroxyl groups excluding tert-OH is 2. The van der Waals surface area contributed by atoms with Crippen LogP contribution < -0.4 is 5.32 Å². The molecular weight excluding hydrogens is 498 g/mol. The highest BCUT2D eigenvalue weighted by Crippen LogP contribution is 2.35. The largest absolute Gasteiger partial charge is 0.392 e. The summed E-state index contributed by atoms with van der Waals surface area (Å²) in [5.41, 5.74) is 5.36. The van der Waals surface area contributed by atoms with E-state index in [9.17, 15) is 15.0 Å². The molecule has 2 aliphatic carbocycles. The Labute approximate surface area is 235 Å². The van der Waals surface area contributed by atoms with Gasteiger partial charge in [-0.2, -0.15) is 0 Å². The minimum Gasteiger partial charge on any atom is -0.392 e. The molecule has 0 saturated carbocycles. The van der Waals surface area contributed by atoms with E-state index in [4.69, 9.17) is 9.97 Å². The molecular formula is C34H33N3O3. The molecule has 2 aliphatic rings. The van der Waals surface area contributed by atoms with E-state index in [2.05, 4.69) is 18.2 Å². The van der Waals surface area contributed by atoms with Gasteiger partial charge >= 0.3 is 0 Å². The van der Waals surface area contributed by atoms with Crippen LogP contribution in [0.25, 0.3) is 16.3 Å². The number of aliphatic hydroxyl groups is 2. The Kier molecular flexibility index (Phi) is 9.58. The van der Waals surface area contributed by atoms with Gasteiger partial charge in [0.2, 0.25) is 5.91 Å². The van der Waals surface area contributed by atoms with Gasteiger partial charge in [0.25, 0.3) is 0 Å². The average Bonchev–Trinajstić information content (AvgIpc) is 3.27. The Morgan fingerprint density at radius 1 is 1.10 bits per heavy atom. The van der Waals surface area contributed by atoms with Gasteiger partial charge in [0, 0.05) is 5.57 Å². The zero-order valence-corrected chi connectivity index (χ0v) is 22.5. The van der Waals surface area contributed by atoms with Crippen LogP contribution in [-0.4, -0.2) is 32.7 Å². The molecule has 3 aromatic rings. The van der Waals surface area contributed by atoms with Crippen LogP contribution in [0, 0.1) is 12.8 Å². The summed E-state index contributed by atoms with van der Waals surface area (Å²) in [6.45, 7) is 1.96. The van der Waals surface area contributed by atoms with Crippen molar-refractivity contribution in [3.05, 3.63) is 119 Å². The number of hydrogen-bond acceptors (Lipinski definition) is 5. The number of carbonyl (C=O) groups is 1. The molecule has 6 nitrogen and oxygen atoms in total. The lowest BCUT2D eigenvalue weighted by Crippen LogP contribution is -2.21. The Morgan fingerprint density at radius 3 is 2.70 bits per heavy atom. The number of aryl methyl sites for hydroxylation is 1. The second-order valence-electron chi connectivity index (χ2n) is 9.57. The van der Waals surface area contributed by atoms with Crippen molar-refractivity contribution in [2.45, 2.75) is 38.7 Å². The highest BCUT2D eigenvalue weighted by Gasteiger charge is 2.26. The van der Waals surface area contributed by atoms with Gasteiger partial charge < -0.3 is 15.5 Å². The van der Waals surface area contributed by atoms with E-state index >= 15 is 0 Å². The molecule has 5 rings (SSSR count). The van der Waals surface area contributed by atoms with Crippen LogP contribution in [0.4, 0.5) is 5.82 Å². The number of benzene rings is 2. The SMILES string of the molecule is C#C.CC1=C(/C=C\CO)c2nc(C(O)C3=CCC=CC=C3)c(NC(=O)Cc3ccc4ccccc4c3)nc2CC1. The summed E-state index contributed by atoms with van der Waals surface area (Å²) >= 11 is 0. The smallest absolute Gasteiger partial charge is 0.229 e. The van der Waals surface area contributed by atoms with Crippen LogP contribution in [0.2, 0.25) is 0 Å². The monoisotopic (exact) mass is 531 g/mol. The second-order valence-corrected chi connectivity index (χ2v) is 9.57. The average molecular weight is 532 g/mol. The van der Waals surface area contributed by atoms with Gasteiger partial charge in [0.15, 0.2) is 5.82 Å². The summed E-state index contributed by atoms with van der Waals surface area (Å²) in [6.07, 6.45) is 22.4. The zero-order chi connectivity index (χ0) is 28.5. The number of fused-ring (bicyclic) bond motifs is 2. The van der Waals surface area contributed by atoms with Crippen molar-refractivity contribution in [1.82, 2.24) is 9.97 Å². The highest BCUT2D eigenvalue weighted by molar-refractivity contribution is 5.93. The predicted octanol–water partition coefficient (Wildman–Crippen LogP) is 5.80. The van der Waals surface area contributed by atoms with Crippen molar-refractivity contribution in [1.29, 1.82) is 0 Å². The fourth-order valence-corrected chi connectivity index (χ4v) is 4.86. The van der Waals surface area contributed by atoms with E-state index in [1.807, 2.05) is 85.8 Å². The van der Waals surface area contributed by atoms with Crippen molar-refractivity contribution >= 4 is 28.1 Å². The molecule has 0 bridgehead atoms. The maximum Gasteiger partial charge on any atom is 0.229 e. The van der Waals surface area contributed by atoms with E-state index in [1.165, 1.54) is 0 Å². The lowest BCUT2D eigenvalue weighted by atomic mass is 9.92. The van der Waals surface area contributed by atoms with Crippen molar-refractivity contribution in [3.63, 3.8) is 0 Å². The summed E-state index contributed by atoms with van der Waals surface area (Å²) in [5.74, 6) is 0.0524. The summed E-state index contributed by atoms with van der Waals surface area (Å²) < 4.78 is 0. The van der Waals surface area contributed by atoms with Crippen molar-refractivity contribution < 1.29 is 15.0 Å². The third-order valence-electron chi connectivity index (χ3n) is 6.87. The number of rotatable bonds is 7. The number of allylic oxidation sites excluding steroid dienone is 7. The second kappa shape index (κ2) is 13.5. The maximum absolute atomic E-state index is 13.2. The van der Waals surface area contributed by atoms with Crippen LogP contribution in [0.5, 0.6) is 0 Å². The number of terminal acetylenes is 1. The first-order valence-corrected chi connectivity index (χ1v) is 13.2. The van der Waals surface area contributed by atoms with E-state index in [-0.39, 0.29) is 24.8 Å². The van der Waals surface area contributed by atoms with Gasteiger partial charge in [-0.25, -0.2) is 9.97 Å². The molecule has 3 N–H and O–H groups in total. The molecule has 0 saturated heterocycles. The molecule has 1 amide bonds. The topological polar surface area (TPSA) is 95.3 Å². The van der Waals surface area contributed by atoms with Crippen LogP contribution >= 0.6 is 0 Å². The first-order chi connectivity index (χ1) is 19.5. The fourth-order valence-electron chi connectivity index (χ4n) is 4.86. The van der Waals surface area contributed by atoms with Crippen LogP contribution in [0.1, 0.15) is 48.5 Å². The molecule has 1 atom stereocenters. The molecule has 0 radical (unpaired) electrons. The maximum atomic E-state index is 13.2. The molecule has 202 valence electrons. The van der Waals surface area contributed by atoms with Crippen molar-refractivity contribution in [3.8, 4) is 12.8 Å². The molecule has 1 aromatic heterocycles. The number of hydrogen-bond donors (Lipinski definition) is 3. The minimum atomic E-state index is -1.06. The van der Waals surface area contributed by atoms with Crippen LogP contribution in [0.15, 0.2) is 96.1 Å². The molecule has 40 heavy (non-hydrogen) atoms. The van der Waals surface area contributed by atoms with Crippen molar-refractivity contribution in [2.24, 2.45) is 0 Å². The third kappa shape index (κ3) is 6.52. The van der Waals surface area contributed by atoms with E-state index < -0.39 is 6.10 Å². The number of amides is 1. The van der Waals surface area contributed by atoms with Gasteiger partial charge in [0.05, 0.1) is 24.4 Å². The molecule has 0 spiro atoms. The number of aromatic nitrogens is 2. The lowest BCUT2D eigenvalue weighted by molar-refractivity contribution is -0.115. The first kappa shape index (κ1) is 28.4. The summed E-state index contributed by atoms with van der Waals surface area (Å²) in [6, 6.07) is 14.0.